The molecule has 10 nitrogen and oxygen atoms in total. The Morgan fingerprint density at radius 3 is 2.44 bits per heavy atom. The fourth-order valence-electron chi connectivity index (χ4n) is 8.18. The van der Waals surface area contributed by atoms with E-state index in [-0.39, 0.29) is 52.4 Å². The largest absolute Gasteiger partial charge is 0.451 e. The number of halogens is 3. The van der Waals surface area contributed by atoms with Crippen LogP contribution in [0.25, 0.3) is 11.3 Å². The zero-order valence-corrected chi connectivity index (χ0v) is 30.5. The van der Waals surface area contributed by atoms with Crippen molar-refractivity contribution in [1.82, 2.24) is 4.98 Å². The van der Waals surface area contributed by atoms with Crippen molar-refractivity contribution in [2.75, 3.05) is 53.3 Å². The predicted molar refractivity (Wildman–Crippen MR) is 204 cm³/mol. The van der Waals surface area contributed by atoms with E-state index < -0.39 is 17.5 Å². The number of aromatic nitrogens is 1. The van der Waals surface area contributed by atoms with Crippen molar-refractivity contribution in [3.63, 3.8) is 0 Å². The minimum atomic E-state index is -0.712. The van der Waals surface area contributed by atoms with Gasteiger partial charge in [-0.15, -0.1) is 0 Å². The zero-order valence-electron chi connectivity index (χ0n) is 29.7. The maximum absolute atomic E-state index is 14.7. The van der Waals surface area contributed by atoms with Gasteiger partial charge in [-0.05, 0) is 111 Å². The van der Waals surface area contributed by atoms with Gasteiger partial charge in [0.1, 0.15) is 23.2 Å². The average molecular weight is 764 g/mol. The maximum atomic E-state index is 14.7. The molecule has 0 radical (unpaired) electrons. The molecule has 1 spiro atoms. The van der Waals surface area contributed by atoms with Crippen LogP contribution in [-0.4, -0.2) is 55.6 Å². The number of rotatable bonds is 6. The molecular formula is C42H36ClF2N5O5. The lowest BCUT2D eigenvalue weighted by atomic mass is 9.73. The van der Waals surface area contributed by atoms with E-state index in [0.717, 1.165) is 75.5 Å². The summed E-state index contributed by atoms with van der Waals surface area (Å²) in [5.41, 5.74) is 4.90. The molecule has 13 heteroatoms. The number of hydrogen-bond donors (Lipinski definition) is 2. The van der Waals surface area contributed by atoms with E-state index >= 15 is 0 Å². The number of benzene rings is 3. The molecule has 3 aromatic carbocycles. The van der Waals surface area contributed by atoms with Crippen molar-refractivity contribution < 1.29 is 32.3 Å². The van der Waals surface area contributed by atoms with Gasteiger partial charge >= 0.3 is 0 Å². The third-order valence-corrected chi connectivity index (χ3v) is 11.5. The highest BCUT2D eigenvalue weighted by molar-refractivity contribution is 6.34. The zero-order chi connectivity index (χ0) is 37.8. The van der Waals surface area contributed by atoms with Gasteiger partial charge in [-0.25, -0.2) is 13.8 Å². The van der Waals surface area contributed by atoms with Gasteiger partial charge in [-0.3, -0.25) is 14.4 Å². The lowest BCUT2D eigenvalue weighted by Crippen LogP contribution is -2.59. The van der Waals surface area contributed by atoms with Gasteiger partial charge in [0.2, 0.25) is 0 Å². The van der Waals surface area contributed by atoms with E-state index in [2.05, 4.69) is 15.5 Å². The molecule has 2 saturated heterocycles. The normalized spacial score (nSPS) is 16.8. The van der Waals surface area contributed by atoms with Crippen LogP contribution in [0.15, 0.2) is 77.2 Å². The Kier molecular flexibility index (Phi) is 8.89. The Balaban J connectivity index is 0.930. The predicted octanol–water partition coefficient (Wildman–Crippen LogP) is 8.09. The number of ether oxygens (including phenoxy) is 1. The summed E-state index contributed by atoms with van der Waals surface area (Å²) in [4.78, 5) is 49.7. The molecule has 3 amide bonds. The summed E-state index contributed by atoms with van der Waals surface area (Å²) in [6.07, 6.45) is 5.13. The van der Waals surface area contributed by atoms with Gasteiger partial charge in [0.15, 0.2) is 5.76 Å². The van der Waals surface area contributed by atoms with Crippen molar-refractivity contribution >= 4 is 52.2 Å². The summed E-state index contributed by atoms with van der Waals surface area (Å²) >= 11 is 6.10. The van der Waals surface area contributed by atoms with Gasteiger partial charge < -0.3 is 29.6 Å². The molecule has 0 unspecified atom stereocenters. The monoisotopic (exact) mass is 763 g/mol. The Bertz CT molecular complexity index is 2350. The topological polar surface area (TPSA) is 117 Å². The van der Waals surface area contributed by atoms with Crippen LogP contribution in [0.1, 0.15) is 67.4 Å². The van der Waals surface area contributed by atoms with Crippen molar-refractivity contribution in [2.24, 2.45) is 5.41 Å². The summed E-state index contributed by atoms with van der Waals surface area (Å²) in [6.45, 7) is 3.38. The van der Waals surface area contributed by atoms with E-state index in [9.17, 15) is 23.2 Å². The van der Waals surface area contributed by atoms with Crippen LogP contribution < -0.4 is 20.4 Å². The second kappa shape index (κ2) is 13.9. The first kappa shape index (κ1) is 35.1. The number of furan rings is 1. The SMILES string of the molecule is O=C(Nc1c(F)cccc1Cl)c1cc2c(o1)-c1ccc(F)cc1N(C(=O)c1ccc(NC(=O)c3cc4c(nc3N3CC5(CCOCC5)C3)CCC4)cc1)CC2. The molecule has 2 fully saturated rings. The van der Waals surface area contributed by atoms with E-state index in [1.54, 1.807) is 24.3 Å². The van der Waals surface area contributed by atoms with E-state index in [1.807, 2.05) is 6.07 Å². The van der Waals surface area contributed by atoms with Crippen LogP contribution >= 0.6 is 11.6 Å². The number of nitrogens with one attached hydrogen (secondary N) is 2. The molecule has 55 heavy (non-hydrogen) atoms. The van der Waals surface area contributed by atoms with Gasteiger partial charge in [0.25, 0.3) is 17.7 Å². The number of anilines is 4. The van der Waals surface area contributed by atoms with E-state index in [1.165, 1.54) is 47.4 Å². The third kappa shape index (κ3) is 6.53. The Morgan fingerprint density at radius 1 is 0.855 bits per heavy atom. The summed E-state index contributed by atoms with van der Waals surface area (Å²) in [5.74, 6) is -1.68. The van der Waals surface area contributed by atoms with E-state index in [0.29, 0.717) is 33.7 Å². The molecule has 5 heterocycles. The standard InChI is InChI=1S/C42H36ClF2N5O5/c43-31-4-2-5-32(45)36(31)48-40(52)35-20-26-13-16-50(34-21-27(44)9-12-29(34)37(26)55-35)41(53)24-7-10-28(11-8-24)46-39(51)30-19-25-3-1-6-33(25)47-38(30)49-22-42(23-49)14-17-54-18-15-42/h2,4-5,7-12,19-21H,1,3,6,13-18,22-23H2,(H,46,51)(H,48,52). The molecule has 2 aromatic heterocycles. The molecule has 0 saturated carbocycles. The first-order valence-electron chi connectivity index (χ1n) is 18.4. The summed E-state index contributed by atoms with van der Waals surface area (Å²) in [7, 11) is 0. The van der Waals surface area contributed by atoms with Crippen LogP contribution in [-0.2, 0) is 24.0 Å². The van der Waals surface area contributed by atoms with Crippen molar-refractivity contribution in [3.8, 4) is 11.3 Å². The van der Waals surface area contributed by atoms with Gasteiger partial charge in [0, 0.05) is 66.3 Å². The van der Waals surface area contributed by atoms with Crippen LogP contribution in [0.2, 0.25) is 5.02 Å². The molecule has 5 aromatic rings. The first-order valence-corrected chi connectivity index (χ1v) is 18.8. The number of fused-ring (bicyclic) bond motifs is 4. The fourth-order valence-corrected chi connectivity index (χ4v) is 8.39. The molecule has 9 rings (SSSR count). The first-order chi connectivity index (χ1) is 26.6. The number of hydrogen-bond acceptors (Lipinski definition) is 7. The van der Waals surface area contributed by atoms with Gasteiger partial charge in [-0.2, -0.15) is 0 Å². The summed E-state index contributed by atoms with van der Waals surface area (Å²) in [6, 6.07) is 18.2. The van der Waals surface area contributed by atoms with Gasteiger partial charge in [0.05, 0.1) is 22.0 Å². The van der Waals surface area contributed by atoms with Crippen LogP contribution in [0.5, 0.6) is 0 Å². The summed E-state index contributed by atoms with van der Waals surface area (Å²) < 4.78 is 40.7. The number of pyridine rings is 1. The van der Waals surface area contributed by atoms with Gasteiger partial charge in [-0.1, -0.05) is 17.7 Å². The van der Waals surface area contributed by atoms with Crippen LogP contribution in [0.4, 0.5) is 31.7 Å². The molecule has 3 aliphatic heterocycles. The molecule has 2 N–H and O–H groups in total. The quantitative estimate of drug-likeness (QED) is 0.180. The Labute approximate surface area is 320 Å². The smallest absolute Gasteiger partial charge is 0.291 e. The second-order valence-corrected chi connectivity index (χ2v) is 15.1. The second-order valence-electron chi connectivity index (χ2n) is 14.7. The number of aryl methyl sites for hydroxylation is 2. The molecular weight excluding hydrogens is 728 g/mol. The number of para-hydroxylation sites is 1. The van der Waals surface area contributed by atoms with Crippen molar-refractivity contribution in [3.05, 3.63) is 123 Å². The minimum absolute atomic E-state index is 0.0307. The average Bonchev–Trinajstić information content (AvgIpc) is 3.79. The van der Waals surface area contributed by atoms with E-state index in [4.69, 9.17) is 25.7 Å². The highest BCUT2D eigenvalue weighted by atomic mass is 35.5. The molecule has 0 bridgehead atoms. The Morgan fingerprint density at radius 2 is 1.65 bits per heavy atom. The van der Waals surface area contributed by atoms with Crippen molar-refractivity contribution in [2.45, 2.75) is 38.5 Å². The number of nitrogens with zero attached hydrogens (tertiary/aromatic N) is 3. The minimum Gasteiger partial charge on any atom is -0.451 e. The van der Waals surface area contributed by atoms with Crippen LogP contribution in [0, 0.1) is 17.0 Å². The number of carbonyl (C=O) groups is 3. The lowest BCUT2D eigenvalue weighted by Gasteiger charge is -2.53. The fraction of sp³-hybridized carbons (Fsp3) is 0.286. The molecule has 0 atom stereocenters. The molecule has 4 aliphatic rings. The van der Waals surface area contributed by atoms with Crippen LogP contribution in [0.3, 0.4) is 0 Å². The highest BCUT2D eigenvalue weighted by Crippen LogP contribution is 2.44. The maximum Gasteiger partial charge on any atom is 0.291 e. The molecule has 280 valence electrons. The van der Waals surface area contributed by atoms with Crippen molar-refractivity contribution in [1.29, 1.82) is 0 Å². The number of carbonyl (C=O) groups excluding carboxylic acids is 3. The number of amides is 3. The lowest BCUT2D eigenvalue weighted by molar-refractivity contribution is -0.000521. The molecule has 1 aliphatic carbocycles. The highest BCUT2D eigenvalue weighted by Gasteiger charge is 2.45. The Hall–Kier alpha value is -5.59. The third-order valence-electron chi connectivity index (χ3n) is 11.1. The summed E-state index contributed by atoms with van der Waals surface area (Å²) in [5, 5.41) is 5.51.